The van der Waals surface area contributed by atoms with Gasteiger partial charge in [-0.25, -0.2) is 0 Å². The predicted molar refractivity (Wildman–Crippen MR) is 126 cm³/mol. The topological polar surface area (TPSA) is 95.9 Å². The molecule has 9 nitrogen and oxygen atoms in total. The quantitative estimate of drug-likeness (QED) is 0.553. The van der Waals surface area contributed by atoms with Crippen LogP contribution in [-0.4, -0.2) is 104 Å². The third-order valence-corrected chi connectivity index (χ3v) is 12.2. The Labute approximate surface area is 213 Å². The van der Waals surface area contributed by atoms with Gasteiger partial charge in [-0.2, -0.15) is 0 Å². The van der Waals surface area contributed by atoms with E-state index < -0.39 is 28.3 Å². The molecule has 0 amide bonds. The molecule has 0 aromatic carbocycles. The summed E-state index contributed by atoms with van der Waals surface area (Å²) >= 11 is 0. The number of esters is 1. The molecule has 202 valence electrons. The molecule has 1 N–H and O–H groups in total. The van der Waals surface area contributed by atoms with Crippen molar-refractivity contribution in [3.05, 3.63) is 0 Å². The molecule has 0 aromatic heterocycles. The first-order valence-corrected chi connectivity index (χ1v) is 13.7. The molecule has 7 fully saturated rings. The van der Waals surface area contributed by atoms with Crippen LogP contribution in [0.2, 0.25) is 0 Å². The van der Waals surface area contributed by atoms with Crippen LogP contribution in [0.5, 0.6) is 0 Å². The van der Waals surface area contributed by atoms with Gasteiger partial charge in [-0.1, -0.05) is 13.8 Å². The Kier molecular flexibility index (Phi) is 4.87. The maximum atomic E-state index is 13.4. The smallest absolute Gasteiger partial charge is 0.303 e. The summed E-state index contributed by atoms with van der Waals surface area (Å²) in [7, 11) is 5.23. The lowest BCUT2D eigenvalue weighted by atomic mass is 9.41. The minimum Gasteiger partial charge on any atom is -0.459 e. The fourth-order valence-electron chi connectivity index (χ4n) is 11.7. The molecule has 0 aromatic rings. The van der Waals surface area contributed by atoms with Crippen molar-refractivity contribution in [3.8, 4) is 0 Å². The van der Waals surface area contributed by atoms with Crippen LogP contribution in [0.25, 0.3) is 0 Å². The first-order valence-electron chi connectivity index (χ1n) is 13.7. The molecule has 3 spiro atoms. The van der Waals surface area contributed by atoms with E-state index >= 15 is 0 Å². The van der Waals surface area contributed by atoms with Gasteiger partial charge in [0.05, 0.1) is 35.4 Å². The SMILES string of the molecule is CCN1C[C@]2(C)CC[C@H](OC)[C@]34[C@H]1[C@]1(OCO[C@@]15C[C@H](OC)[C@H]1C[C@]3(O)[C@H]5[C@H]1OC)[C@@H](OC(C)=O)[C@@H]24. The molecule has 2 aliphatic heterocycles. The average Bonchev–Trinajstić information content (AvgIpc) is 3.40. The van der Waals surface area contributed by atoms with Crippen LogP contribution in [0.1, 0.15) is 46.5 Å². The van der Waals surface area contributed by atoms with E-state index in [0.717, 1.165) is 25.9 Å². The number of rotatable bonds is 5. The van der Waals surface area contributed by atoms with Gasteiger partial charge in [-0.15, -0.1) is 0 Å². The number of nitrogens with zero attached hydrogens (tertiary/aromatic N) is 1. The van der Waals surface area contributed by atoms with Gasteiger partial charge in [0.2, 0.25) is 0 Å². The number of ether oxygens (including phenoxy) is 6. The van der Waals surface area contributed by atoms with Gasteiger partial charge in [0.25, 0.3) is 0 Å². The van der Waals surface area contributed by atoms with Crippen LogP contribution in [0.15, 0.2) is 0 Å². The number of fused-ring (bicyclic) bond motifs is 1. The maximum Gasteiger partial charge on any atom is 0.303 e. The van der Waals surface area contributed by atoms with Gasteiger partial charge in [0.15, 0.2) is 5.60 Å². The zero-order valence-electron chi connectivity index (χ0n) is 22.3. The van der Waals surface area contributed by atoms with Crippen molar-refractivity contribution in [3.63, 3.8) is 0 Å². The number of methoxy groups -OCH3 is 3. The minimum absolute atomic E-state index is 0.0317. The molecule has 0 unspecified atom stereocenters. The van der Waals surface area contributed by atoms with Crippen molar-refractivity contribution >= 4 is 5.97 Å². The summed E-state index contributed by atoms with van der Waals surface area (Å²) in [5.41, 5.74) is -3.94. The van der Waals surface area contributed by atoms with E-state index in [1.54, 1.807) is 21.3 Å². The van der Waals surface area contributed by atoms with Gasteiger partial charge in [0, 0.05) is 59.0 Å². The Balaban J connectivity index is 1.61. The molecule has 5 saturated carbocycles. The number of carbonyl (C=O) groups excluding carboxylic acids is 1. The molecule has 36 heavy (non-hydrogen) atoms. The van der Waals surface area contributed by atoms with E-state index in [9.17, 15) is 9.90 Å². The predicted octanol–water partition coefficient (Wildman–Crippen LogP) is 1.35. The lowest BCUT2D eigenvalue weighted by Gasteiger charge is -2.71. The number of likely N-dealkylation sites (tertiary alicyclic amines) is 1. The molecule has 13 atom stereocenters. The van der Waals surface area contributed by atoms with Gasteiger partial charge in [0.1, 0.15) is 18.5 Å². The van der Waals surface area contributed by atoms with Crippen molar-refractivity contribution in [2.45, 2.75) is 93.7 Å². The Bertz CT molecular complexity index is 979. The van der Waals surface area contributed by atoms with Crippen molar-refractivity contribution in [2.24, 2.45) is 28.6 Å². The van der Waals surface area contributed by atoms with Crippen molar-refractivity contribution in [1.82, 2.24) is 4.90 Å². The second kappa shape index (κ2) is 7.23. The summed E-state index contributed by atoms with van der Waals surface area (Å²) in [6, 6.07) is -0.224. The summed E-state index contributed by atoms with van der Waals surface area (Å²) in [4.78, 5) is 15.3. The van der Waals surface area contributed by atoms with Gasteiger partial charge >= 0.3 is 5.97 Å². The highest BCUT2D eigenvalue weighted by Crippen LogP contribution is 2.83. The van der Waals surface area contributed by atoms with Crippen LogP contribution in [0, 0.1) is 28.6 Å². The number of likely N-dealkylation sites (N-methyl/N-ethyl adjacent to an activating group) is 1. The minimum atomic E-state index is -1.16. The summed E-state index contributed by atoms with van der Waals surface area (Å²) < 4.78 is 38.7. The van der Waals surface area contributed by atoms with E-state index in [1.165, 1.54) is 6.92 Å². The first kappa shape index (κ1) is 24.2. The van der Waals surface area contributed by atoms with E-state index in [1.807, 2.05) is 0 Å². The van der Waals surface area contributed by atoms with Gasteiger partial charge in [-0.05, 0) is 31.2 Å². The highest BCUT2D eigenvalue weighted by molar-refractivity contribution is 5.67. The van der Waals surface area contributed by atoms with E-state index in [2.05, 4.69) is 18.7 Å². The molecule has 7 aliphatic rings. The van der Waals surface area contributed by atoms with Crippen LogP contribution in [0.4, 0.5) is 0 Å². The molecule has 7 rings (SSSR count). The van der Waals surface area contributed by atoms with Crippen molar-refractivity contribution < 1.29 is 38.3 Å². The summed E-state index contributed by atoms with van der Waals surface area (Å²) in [5.74, 6) is -0.771. The maximum absolute atomic E-state index is 13.4. The number of aliphatic hydroxyl groups is 1. The number of hydrogen-bond acceptors (Lipinski definition) is 9. The Hall–Kier alpha value is -0.810. The fraction of sp³-hybridized carbons (Fsp3) is 0.963. The lowest BCUT2D eigenvalue weighted by Crippen LogP contribution is -2.85. The summed E-state index contributed by atoms with van der Waals surface area (Å²) in [6.07, 6.45) is 1.69. The standard InChI is InChI=1S/C27H41NO8/c1-7-28-12-23(3)9-8-17(32-5)26-20(23)21(36-14(2)29)27(22(26)28)25(34-13-35-27)11-16(31-4)15-10-24(26,30)19(25)18(15)33-6/h15-22,30H,7-13H2,1-6H3/t15-,16+,17+,18+,19-,20+,21+,22+,23+,24+,25-,26+,27-/m1/s1. The second-order valence-corrected chi connectivity index (χ2v) is 12.9. The second-order valence-electron chi connectivity index (χ2n) is 12.9. The van der Waals surface area contributed by atoms with Crippen LogP contribution in [0.3, 0.4) is 0 Å². The zero-order chi connectivity index (χ0) is 25.5. The third kappa shape index (κ3) is 2.16. The number of carbonyl (C=O) groups is 1. The summed E-state index contributed by atoms with van der Waals surface area (Å²) in [5, 5.41) is 13.4. The summed E-state index contributed by atoms with van der Waals surface area (Å²) in [6.45, 7) is 7.72. The van der Waals surface area contributed by atoms with E-state index in [-0.39, 0.29) is 60.3 Å². The van der Waals surface area contributed by atoms with E-state index in [0.29, 0.717) is 12.8 Å². The van der Waals surface area contributed by atoms with Crippen LogP contribution < -0.4 is 0 Å². The molecular weight excluding hydrogens is 466 g/mol. The van der Waals surface area contributed by atoms with Crippen molar-refractivity contribution in [1.29, 1.82) is 0 Å². The Morgan fingerprint density at radius 2 is 1.89 bits per heavy atom. The fourth-order valence-corrected chi connectivity index (χ4v) is 11.7. The molecular formula is C27H41NO8. The molecule has 7 bridgehead atoms. The molecule has 0 radical (unpaired) electrons. The average molecular weight is 508 g/mol. The molecule has 2 saturated heterocycles. The Morgan fingerprint density at radius 3 is 2.53 bits per heavy atom. The van der Waals surface area contributed by atoms with Crippen LogP contribution in [-0.2, 0) is 33.2 Å². The van der Waals surface area contributed by atoms with E-state index in [4.69, 9.17) is 28.4 Å². The highest BCUT2D eigenvalue weighted by atomic mass is 16.7. The van der Waals surface area contributed by atoms with Gasteiger partial charge in [-0.3, -0.25) is 9.69 Å². The molecule has 2 heterocycles. The number of hydrogen-bond donors (Lipinski definition) is 1. The third-order valence-electron chi connectivity index (χ3n) is 12.2. The monoisotopic (exact) mass is 507 g/mol. The Morgan fingerprint density at radius 1 is 1.11 bits per heavy atom. The van der Waals surface area contributed by atoms with Crippen molar-refractivity contribution in [2.75, 3.05) is 41.2 Å². The highest BCUT2D eigenvalue weighted by Gasteiger charge is 2.97. The lowest BCUT2D eigenvalue weighted by molar-refractivity contribution is -0.332. The molecule has 9 heteroatoms. The zero-order valence-corrected chi connectivity index (χ0v) is 22.3. The normalized spacial score (nSPS) is 60.2. The largest absolute Gasteiger partial charge is 0.459 e. The molecule has 5 aliphatic carbocycles. The first-order chi connectivity index (χ1) is 17.2. The van der Waals surface area contributed by atoms with Gasteiger partial charge < -0.3 is 33.5 Å². The van der Waals surface area contributed by atoms with Crippen LogP contribution >= 0.6 is 0 Å². The number of piperidine rings is 1.